The number of carbonyl (C=O) groups is 2. The fourth-order valence-electron chi connectivity index (χ4n) is 4.46. The Labute approximate surface area is 147 Å². The average Bonchev–Trinajstić information content (AvgIpc) is 2.93. The van der Waals surface area contributed by atoms with Gasteiger partial charge in [0.1, 0.15) is 5.78 Å². The summed E-state index contributed by atoms with van der Waals surface area (Å²) >= 11 is 0. The lowest BCUT2D eigenvalue weighted by Gasteiger charge is -2.30. The molecule has 2 rings (SSSR count). The molecule has 0 heterocycles. The van der Waals surface area contributed by atoms with E-state index in [2.05, 4.69) is 6.92 Å². The van der Waals surface area contributed by atoms with Crippen LogP contribution < -0.4 is 0 Å². The van der Waals surface area contributed by atoms with Crippen LogP contribution in [0.1, 0.15) is 90.9 Å². The van der Waals surface area contributed by atoms with Crippen LogP contribution in [0.3, 0.4) is 0 Å². The zero-order valence-electron chi connectivity index (χ0n) is 15.6. The largest absolute Gasteiger partial charge is 0.299 e. The van der Waals surface area contributed by atoms with Gasteiger partial charge in [0.2, 0.25) is 0 Å². The van der Waals surface area contributed by atoms with Crippen LogP contribution >= 0.6 is 0 Å². The van der Waals surface area contributed by atoms with Crippen molar-refractivity contribution < 1.29 is 9.59 Å². The Kier molecular flexibility index (Phi) is 7.01. The van der Waals surface area contributed by atoms with E-state index >= 15 is 0 Å². The molecule has 1 spiro atoms. The number of Topliss-reactive ketones (excluding diaryl/α,β-unsaturated/α-hetero) is 1. The molecule has 0 saturated heterocycles. The number of hydrogen-bond donors (Lipinski definition) is 0. The van der Waals surface area contributed by atoms with Gasteiger partial charge in [0.05, 0.1) is 0 Å². The highest BCUT2D eigenvalue weighted by Crippen LogP contribution is 2.54. The molecule has 24 heavy (non-hydrogen) atoms. The summed E-state index contributed by atoms with van der Waals surface area (Å²) in [5.74, 6) is 0.421. The van der Waals surface area contributed by atoms with E-state index < -0.39 is 0 Å². The Hall–Kier alpha value is -1.18. The molecule has 1 atom stereocenters. The van der Waals surface area contributed by atoms with Gasteiger partial charge in [-0.25, -0.2) is 0 Å². The lowest BCUT2D eigenvalue weighted by Crippen LogP contribution is -2.28. The zero-order chi connectivity index (χ0) is 17.5. The standard InChI is InChI=1S/C22H34O2/c1-3-4-5-6-7-8-9-10-13-22(19(2)23)17-16-21(18-22)14-11-20(24)12-15-21/h11-12,14-15H,3-10,13,16-18H2,1-2H3/t22-/m0/s1. The van der Waals surface area contributed by atoms with Crippen LogP contribution in [0.5, 0.6) is 0 Å². The van der Waals surface area contributed by atoms with E-state index in [1.807, 2.05) is 12.2 Å². The first-order valence-corrected chi connectivity index (χ1v) is 9.95. The Balaban J connectivity index is 1.78. The quantitative estimate of drug-likeness (QED) is 0.463. The predicted octanol–water partition coefficient (Wildman–Crippen LogP) is 5.96. The molecule has 134 valence electrons. The Morgan fingerprint density at radius 3 is 2.12 bits per heavy atom. The maximum Gasteiger partial charge on any atom is 0.178 e. The first kappa shape index (κ1) is 19.1. The van der Waals surface area contributed by atoms with Crippen LogP contribution in [-0.4, -0.2) is 11.6 Å². The molecule has 2 nitrogen and oxygen atoms in total. The van der Waals surface area contributed by atoms with E-state index in [0.717, 1.165) is 32.1 Å². The van der Waals surface area contributed by atoms with Crippen LogP contribution in [0.25, 0.3) is 0 Å². The molecule has 2 aliphatic carbocycles. The van der Waals surface area contributed by atoms with Gasteiger partial charge >= 0.3 is 0 Å². The van der Waals surface area contributed by atoms with Crippen molar-refractivity contribution >= 4 is 11.6 Å². The Morgan fingerprint density at radius 1 is 0.958 bits per heavy atom. The smallest absolute Gasteiger partial charge is 0.178 e. The lowest BCUT2D eigenvalue weighted by atomic mass is 9.73. The van der Waals surface area contributed by atoms with Crippen LogP contribution in [0.15, 0.2) is 24.3 Å². The van der Waals surface area contributed by atoms with Gasteiger partial charge in [-0.3, -0.25) is 9.59 Å². The van der Waals surface area contributed by atoms with Crippen molar-refractivity contribution in [2.45, 2.75) is 90.9 Å². The van der Waals surface area contributed by atoms with Crippen molar-refractivity contribution in [3.63, 3.8) is 0 Å². The molecular weight excluding hydrogens is 296 g/mol. The summed E-state index contributed by atoms with van der Waals surface area (Å²) in [4.78, 5) is 23.8. The number of allylic oxidation sites excluding steroid dienone is 4. The normalized spacial score (nSPS) is 24.8. The molecule has 0 aromatic rings. The lowest BCUT2D eigenvalue weighted by molar-refractivity contribution is -0.127. The number of rotatable bonds is 10. The molecule has 0 aromatic heterocycles. The highest BCUT2D eigenvalue weighted by Gasteiger charge is 2.48. The number of hydrogen-bond acceptors (Lipinski definition) is 2. The number of ketones is 2. The second-order valence-electron chi connectivity index (χ2n) is 8.04. The monoisotopic (exact) mass is 330 g/mol. The number of carbonyl (C=O) groups excluding carboxylic acids is 2. The van der Waals surface area contributed by atoms with Gasteiger partial charge in [0.15, 0.2) is 5.78 Å². The summed E-state index contributed by atoms with van der Waals surface area (Å²) in [6, 6.07) is 0. The van der Waals surface area contributed by atoms with Crippen molar-refractivity contribution in [2.75, 3.05) is 0 Å². The fourth-order valence-corrected chi connectivity index (χ4v) is 4.46. The minimum Gasteiger partial charge on any atom is -0.299 e. The fraction of sp³-hybridized carbons (Fsp3) is 0.727. The van der Waals surface area contributed by atoms with E-state index in [9.17, 15) is 9.59 Å². The molecule has 0 aliphatic heterocycles. The summed E-state index contributed by atoms with van der Waals surface area (Å²) in [6.45, 7) is 4.02. The Morgan fingerprint density at radius 2 is 1.54 bits per heavy atom. The highest BCUT2D eigenvalue weighted by atomic mass is 16.1. The SMILES string of the molecule is CCCCCCCCCC[C@]1(C(C)=O)CCC2(C=CC(=O)C=C2)C1. The van der Waals surface area contributed by atoms with Crippen molar-refractivity contribution in [3.8, 4) is 0 Å². The van der Waals surface area contributed by atoms with Gasteiger partial charge < -0.3 is 0 Å². The molecule has 1 fully saturated rings. The van der Waals surface area contributed by atoms with Crippen molar-refractivity contribution in [2.24, 2.45) is 10.8 Å². The summed E-state index contributed by atoms with van der Waals surface area (Å²) in [5, 5.41) is 0. The third-order valence-electron chi connectivity index (χ3n) is 6.15. The maximum absolute atomic E-state index is 12.4. The van der Waals surface area contributed by atoms with Crippen LogP contribution in [-0.2, 0) is 9.59 Å². The average molecular weight is 331 g/mol. The van der Waals surface area contributed by atoms with E-state index in [1.165, 1.54) is 44.9 Å². The van der Waals surface area contributed by atoms with Crippen LogP contribution in [0.2, 0.25) is 0 Å². The summed E-state index contributed by atoms with van der Waals surface area (Å²) in [6.07, 6.45) is 21.8. The van der Waals surface area contributed by atoms with Crippen LogP contribution in [0, 0.1) is 10.8 Å². The second kappa shape index (κ2) is 8.78. The van der Waals surface area contributed by atoms with Crippen LogP contribution in [0.4, 0.5) is 0 Å². The van der Waals surface area contributed by atoms with Crippen molar-refractivity contribution in [3.05, 3.63) is 24.3 Å². The molecule has 0 bridgehead atoms. The predicted molar refractivity (Wildman–Crippen MR) is 99.9 cm³/mol. The highest BCUT2D eigenvalue weighted by molar-refractivity contribution is 6.00. The van der Waals surface area contributed by atoms with E-state index in [-0.39, 0.29) is 16.6 Å². The molecule has 2 heteroatoms. The first-order valence-electron chi connectivity index (χ1n) is 9.95. The summed E-state index contributed by atoms with van der Waals surface area (Å²) in [7, 11) is 0. The van der Waals surface area contributed by atoms with Crippen molar-refractivity contribution in [1.82, 2.24) is 0 Å². The minimum absolute atomic E-state index is 0.0419. The third-order valence-corrected chi connectivity index (χ3v) is 6.15. The van der Waals surface area contributed by atoms with E-state index in [4.69, 9.17) is 0 Å². The van der Waals surface area contributed by atoms with Crippen molar-refractivity contribution in [1.29, 1.82) is 0 Å². The van der Waals surface area contributed by atoms with Gasteiger partial charge in [-0.1, -0.05) is 70.4 Å². The molecule has 0 unspecified atom stereocenters. The van der Waals surface area contributed by atoms with Gasteiger partial charge in [-0.15, -0.1) is 0 Å². The van der Waals surface area contributed by atoms with Gasteiger partial charge in [0.25, 0.3) is 0 Å². The number of unbranched alkanes of at least 4 members (excludes halogenated alkanes) is 7. The maximum atomic E-state index is 12.4. The van der Waals surface area contributed by atoms with Gasteiger partial charge in [-0.2, -0.15) is 0 Å². The molecule has 1 saturated carbocycles. The third kappa shape index (κ3) is 4.91. The second-order valence-corrected chi connectivity index (χ2v) is 8.04. The van der Waals surface area contributed by atoms with E-state index in [1.54, 1.807) is 19.1 Å². The summed E-state index contributed by atoms with van der Waals surface area (Å²) in [5.41, 5.74) is -0.197. The topological polar surface area (TPSA) is 34.1 Å². The van der Waals surface area contributed by atoms with E-state index in [0.29, 0.717) is 5.78 Å². The molecule has 0 amide bonds. The molecule has 0 N–H and O–H groups in total. The summed E-state index contributed by atoms with van der Waals surface area (Å²) < 4.78 is 0. The minimum atomic E-state index is -0.155. The molecule has 0 radical (unpaired) electrons. The molecule has 2 aliphatic rings. The molecular formula is C22H34O2. The van der Waals surface area contributed by atoms with Gasteiger partial charge in [-0.05, 0) is 44.8 Å². The Bertz CT molecular complexity index is 484. The molecule has 0 aromatic carbocycles. The van der Waals surface area contributed by atoms with Gasteiger partial charge in [0, 0.05) is 10.8 Å². The first-order chi connectivity index (χ1) is 11.5. The zero-order valence-corrected chi connectivity index (χ0v) is 15.6.